The van der Waals surface area contributed by atoms with E-state index in [0.717, 1.165) is 0 Å². The number of sulfone groups is 1. The first-order chi connectivity index (χ1) is 6.88. The van der Waals surface area contributed by atoms with Gasteiger partial charge in [0.25, 0.3) is 0 Å². The minimum absolute atomic E-state index is 0.0884. The van der Waals surface area contributed by atoms with Gasteiger partial charge in [-0.05, 0) is 0 Å². The highest BCUT2D eigenvalue weighted by Crippen LogP contribution is 2.12. The third-order valence-corrected chi connectivity index (χ3v) is 2.94. The van der Waals surface area contributed by atoms with E-state index in [2.05, 4.69) is 9.97 Å². The first-order valence-electron chi connectivity index (χ1n) is 4.25. The van der Waals surface area contributed by atoms with Crippen molar-refractivity contribution in [3.63, 3.8) is 0 Å². The lowest BCUT2D eigenvalue weighted by atomic mass is 10.5. The summed E-state index contributed by atoms with van der Waals surface area (Å²) in [7, 11) is -1.20. The van der Waals surface area contributed by atoms with E-state index in [1.807, 2.05) is 0 Å². The molecular weight excluding hydrogens is 238 g/mol. The molecule has 0 aromatic carbocycles. The zero-order chi connectivity index (χ0) is 11.5. The summed E-state index contributed by atoms with van der Waals surface area (Å²) >= 11 is 5.68. The van der Waals surface area contributed by atoms with E-state index in [1.54, 1.807) is 18.0 Å². The summed E-state index contributed by atoms with van der Waals surface area (Å²) in [4.78, 5) is 9.43. The lowest BCUT2D eigenvalue weighted by Crippen LogP contribution is -2.25. The van der Waals surface area contributed by atoms with Gasteiger partial charge in [0.05, 0.1) is 5.75 Å². The number of hydrogen-bond acceptors (Lipinski definition) is 5. The van der Waals surface area contributed by atoms with Gasteiger partial charge >= 0.3 is 0 Å². The zero-order valence-electron chi connectivity index (χ0n) is 8.51. The quantitative estimate of drug-likeness (QED) is 0.732. The summed E-state index contributed by atoms with van der Waals surface area (Å²) < 4.78 is 21.9. The molecule has 0 spiro atoms. The largest absolute Gasteiger partial charge is 0.359 e. The Labute approximate surface area is 94.0 Å². The van der Waals surface area contributed by atoms with Crippen LogP contribution in [0.3, 0.4) is 0 Å². The number of anilines is 1. The fourth-order valence-electron chi connectivity index (χ4n) is 0.950. The van der Waals surface area contributed by atoms with Crippen LogP contribution in [0, 0.1) is 0 Å². The standard InChI is InChI=1S/C8H12ClN3O2S/c1-12(3-4-15(2,13)14)8-5-7(9)10-6-11-8/h5-6H,3-4H2,1-2H3. The Bertz CT molecular complexity index is 435. The SMILES string of the molecule is CN(CCS(C)(=O)=O)c1cc(Cl)ncn1. The van der Waals surface area contributed by atoms with Crippen molar-refractivity contribution in [2.45, 2.75) is 0 Å². The molecule has 84 valence electrons. The van der Waals surface area contributed by atoms with E-state index in [1.165, 1.54) is 12.6 Å². The van der Waals surface area contributed by atoms with Crippen LogP contribution in [0.5, 0.6) is 0 Å². The maximum atomic E-state index is 10.9. The molecule has 5 nitrogen and oxygen atoms in total. The monoisotopic (exact) mass is 249 g/mol. The summed E-state index contributed by atoms with van der Waals surface area (Å²) in [5, 5.41) is 0.339. The molecule has 15 heavy (non-hydrogen) atoms. The Hall–Kier alpha value is -0.880. The average molecular weight is 250 g/mol. The van der Waals surface area contributed by atoms with Crippen molar-refractivity contribution in [3.8, 4) is 0 Å². The Balaban J connectivity index is 2.65. The molecule has 0 atom stereocenters. The first-order valence-corrected chi connectivity index (χ1v) is 6.69. The Morgan fingerprint density at radius 3 is 2.67 bits per heavy atom. The van der Waals surface area contributed by atoms with Crippen LogP contribution >= 0.6 is 11.6 Å². The molecule has 1 heterocycles. The van der Waals surface area contributed by atoms with Gasteiger partial charge in [-0.1, -0.05) is 11.6 Å². The normalized spacial score (nSPS) is 11.4. The maximum Gasteiger partial charge on any atom is 0.149 e. The average Bonchev–Trinajstić information content (AvgIpc) is 2.13. The predicted molar refractivity (Wildman–Crippen MR) is 60.0 cm³/mol. The number of halogens is 1. The van der Waals surface area contributed by atoms with E-state index in [9.17, 15) is 8.42 Å². The molecule has 7 heteroatoms. The van der Waals surface area contributed by atoms with Crippen molar-refractivity contribution < 1.29 is 8.42 Å². The fraction of sp³-hybridized carbons (Fsp3) is 0.500. The van der Waals surface area contributed by atoms with Gasteiger partial charge in [0.15, 0.2) is 0 Å². The van der Waals surface area contributed by atoms with E-state index in [4.69, 9.17) is 11.6 Å². The molecule has 0 N–H and O–H groups in total. The second kappa shape index (κ2) is 4.76. The number of rotatable bonds is 4. The topological polar surface area (TPSA) is 63.2 Å². The fourth-order valence-corrected chi connectivity index (χ4v) is 1.70. The zero-order valence-corrected chi connectivity index (χ0v) is 10.1. The van der Waals surface area contributed by atoms with Crippen LogP contribution in [0.25, 0.3) is 0 Å². The third-order valence-electron chi connectivity index (χ3n) is 1.81. The second-order valence-corrected chi connectivity index (χ2v) is 5.90. The van der Waals surface area contributed by atoms with Crippen LogP contribution in [0.4, 0.5) is 5.82 Å². The molecule has 0 aliphatic heterocycles. The third kappa shape index (κ3) is 4.44. The molecule has 0 radical (unpaired) electrons. The Morgan fingerprint density at radius 1 is 1.47 bits per heavy atom. The second-order valence-electron chi connectivity index (χ2n) is 3.25. The van der Waals surface area contributed by atoms with Gasteiger partial charge < -0.3 is 4.90 Å². The van der Waals surface area contributed by atoms with Gasteiger partial charge in [0, 0.05) is 25.9 Å². The molecule has 0 aliphatic carbocycles. The highest BCUT2D eigenvalue weighted by atomic mass is 35.5. The van der Waals surface area contributed by atoms with Crippen molar-refractivity contribution in [1.82, 2.24) is 9.97 Å². The molecule has 0 fully saturated rings. The Kier molecular flexibility index (Phi) is 3.87. The van der Waals surface area contributed by atoms with Crippen LogP contribution in [0.1, 0.15) is 0 Å². The van der Waals surface area contributed by atoms with Gasteiger partial charge in [-0.2, -0.15) is 0 Å². The molecule has 1 rings (SSSR count). The van der Waals surface area contributed by atoms with Crippen molar-refractivity contribution in [2.75, 3.05) is 30.5 Å². The molecule has 0 saturated carbocycles. The molecular formula is C8H12ClN3O2S. The number of nitrogens with zero attached hydrogens (tertiary/aromatic N) is 3. The molecule has 1 aromatic heterocycles. The molecule has 0 amide bonds. The first kappa shape index (κ1) is 12.2. The van der Waals surface area contributed by atoms with E-state index in [0.29, 0.717) is 17.5 Å². The van der Waals surface area contributed by atoms with Gasteiger partial charge in [0.2, 0.25) is 0 Å². The van der Waals surface area contributed by atoms with Gasteiger partial charge in [0.1, 0.15) is 27.1 Å². The summed E-state index contributed by atoms with van der Waals surface area (Å²) in [6.45, 7) is 0.381. The van der Waals surface area contributed by atoms with Crippen LogP contribution in [-0.4, -0.2) is 44.0 Å². The van der Waals surface area contributed by atoms with Gasteiger partial charge in [-0.3, -0.25) is 0 Å². The summed E-state index contributed by atoms with van der Waals surface area (Å²) in [5.41, 5.74) is 0. The van der Waals surface area contributed by atoms with Crippen LogP contribution in [0.2, 0.25) is 5.15 Å². The molecule has 0 aliphatic rings. The van der Waals surface area contributed by atoms with Crippen molar-refractivity contribution in [1.29, 1.82) is 0 Å². The van der Waals surface area contributed by atoms with Crippen molar-refractivity contribution in [3.05, 3.63) is 17.5 Å². The summed E-state index contributed by atoms with van der Waals surface area (Å²) in [5.74, 6) is 0.698. The summed E-state index contributed by atoms with van der Waals surface area (Å²) in [6, 6.07) is 1.59. The molecule has 1 aromatic rings. The lowest BCUT2D eigenvalue weighted by molar-refractivity contribution is 0.601. The van der Waals surface area contributed by atoms with Crippen LogP contribution in [-0.2, 0) is 9.84 Å². The highest BCUT2D eigenvalue weighted by molar-refractivity contribution is 7.90. The van der Waals surface area contributed by atoms with Crippen LogP contribution in [0.15, 0.2) is 12.4 Å². The number of hydrogen-bond donors (Lipinski definition) is 0. The minimum Gasteiger partial charge on any atom is -0.359 e. The van der Waals surface area contributed by atoms with Crippen molar-refractivity contribution in [2.24, 2.45) is 0 Å². The van der Waals surface area contributed by atoms with Crippen molar-refractivity contribution >= 4 is 27.3 Å². The smallest absolute Gasteiger partial charge is 0.149 e. The summed E-state index contributed by atoms with van der Waals surface area (Å²) in [6.07, 6.45) is 2.54. The molecule has 0 saturated heterocycles. The lowest BCUT2D eigenvalue weighted by Gasteiger charge is -2.16. The minimum atomic E-state index is -2.96. The molecule has 0 unspecified atom stereocenters. The van der Waals surface area contributed by atoms with Gasteiger partial charge in [-0.25, -0.2) is 18.4 Å². The van der Waals surface area contributed by atoms with E-state index >= 15 is 0 Å². The maximum absolute atomic E-state index is 10.9. The highest BCUT2D eigenvalue weighted by Gasteiger charge is 2.07. The van der Waals surface area contributed by atoms with Crippen LogP contribution < -0.4 is 4.90 Å². The Morgan fingerprint density at radius 2 is 2.13 bits per heavy atom. The van der Waals surface area contributed by atoms with E-state index in [-0.39, 0.29) is 5.75 Å². The molecule has 0 bridgehead atoms. The van der Waals surface area contributed by atoms with Gasteiger partial charge in [-0.15, -0.1) is 0 Å². The van der Waals surface area contributed by atoms with E-state index < -0.39 is 9.84 Å². The predicted octanol–water partition coefficient (Wildman–Crippen LogP) is 0.611. The number of aromatic nitrogens is 2.